The molecule has 6 heteroatoms. The first kappa shape index (κ1) is 26.2. The van der Waals surface area contributed by atoms with Crippen LogP contribution in [0.25, 0.3) is 0 Å². The molecule has 0 aliphatic rings. The molecule has 2 aromatic rings. The average molecular weight is 475 g/mol. The van der Waals surface area contributed by atoms with E-state index in [9.17, 15) is 0 Å². The maximum absolute atomic E-state index is 6.49. The highest BCUT2D eigenvalue weighted by Crippen LogP contribution is 2.32. The molecule has 0 aliphatic carbocycles. The van der Waals surface area contributed by atoms with Gasteiger partial charge >= 0.3 is 0 Å². The summed E-state index contributed by atoms with van der Waals surface area (Å²) >= 11 is 0. The van der Waals surface area contributed by atoms with Crippen molar-refractivity contribution in [1.29, 1.82) is 0 Å². The molecule has 0 N–H and O–H groups in total. The van der Waals surface area contributed by atoms with Crippen LogP contribution in [0, 0.1) is 0 Å². The van der Waals surface area contributed by atoms with E-state index in [0.29, 0.717) is 6.04 Å². The van der Waals surface area contributed by atoms with Crippen molar-refractivity contribution >= 4 is 26.2 Å². The van der Waals surface area contributed by atoms with Crippen molar-refractivity contribution in [3.63, 3.8) is 0 Å². The van der Waals surface area contributed by atoms with Crippen LogP contribution in [0.2, 0.25) is 45.3 Å². The van der Waals surface area contributed by atoms with Crippen molar-refractivity contribution < 1.29 is 13.3 Å². The van der Waals surface area contributed by atoms with Gasteiger partial charge in [-0.05, 0) is 39.3 Å². The number of hydrogen-bond donors (Lipinski definition) is 0. The van der Waals surface area contributed by atoms with Crippen molar-refractivity contribution in [1.82, 2.24) is 0 Å². The van der Waals surface area contributed by atoms with Crippen LogP contribution >= 0.6 is 0 Å². The molecule has 2 rings (SSSR count). The summed E-state index contributed by atoms with van der Waals surface area (Å²) in [6, 6.07) is 23.6. The summed E-state index contributed by atoms with van der Waals surface area (Å²) < 4.78 is 13.9. The zero-order chi connectivity index (χ0) is 23.1. The van der Waals surface area contributed by atoms with Gasteiger partial charge in [-0.15, -0.1) is 0 Å². The molecule has 0 spiro atoms. The summed E-state index contributed by atoms with van der Waals surface area (Å²) in [7, 11) is 1.01. The van der Waals surface area contributed by atoms with Gasteiger partial charge in [-0.3, -0.25) is 0 Å². The second-order valence-electron chi connectivity index (χ2n) is 11.2. The molecular formula is C25H44NO2Si3+. The third-order valence-corrected chi connectivity index (χ3v) is 9.58. The summed E-state index contributed by atoms with van der Waals surface area (Å²) in [5, 5.41) is 0. The first-order valence-electron chi connectivity index (χ1n) is 11.6. The fourth-order valence-electron chi connectivity index (χ4n) is 4.17. The SMILES string of the molecule is C[N+](C)(Cc1ccccc1)C(CC[SiH2]C(O[Si](C)(C)C)O[Si](C)(C)C)c1ccccc1. The van der Waals surface area contributed by atoms with E-state index in [1.165, 1.54) is 23.6 Å². The van der Waals surface area contributed by atoms with E-state index in [4.69, 9.17) is 8.85 Å². The monoisotopic (exact) mass is 474 g/mol. The van der Waals surface area contributed by atoms with Gasteiger partial charge in [0.15, 0.2) is 16.6 Å². The molecule has 0 fully saturated rings. The second-order valence-corrected chi connectivity index (χ2v) is 22.0. The summed E-state index contributed by atoms with van der Waals surface area (Å²) in [6.45, 7) is 14.7. The molecule has 0 aromatic heterocycles. The highest BCUT2D eigenvalue weighted by molar-refractivity contribution is 6.71. The first-order valence-corrected chi connectivity index (χ1v) is 20.3. The normalized spacial score (nSPS) is 14.5. The topological polar surface area (TPSA) is 18.5 Å². The van der Waals surface area contributed by atoms with Crippen molar-refractivity contribution in [3.05, 3.63) is 71.8 Å². The number of benzene rings is 2. The largest absolute Gasteiger partial charge is 0.398 e. The minimum absolute atomic E-state index is 0.0690. The lowest BCUT2D eigenvalue weighted by atomic mass is 10.00. The van der Waals surface area contributed by atoms with Crippen LogP contribution in [0.1, 0.15) is 23.6 Å². The van der Waals surface area contributed by atoms with E-state index in [1.807, 2.05) is 0 Å². The smallest absolute Gasteiger partial charge is 0.186 e. The summed E-state index contributed by atoms with van der Waals surface area (Å²) in [4.78, 5) is 0. The molecule has 1 unspecified atom stereocenters. The van der Waals surface area contributed by atoms with Gasteiger partial charge < -0.3 is 13.3 Å². The lowest BCUT2D eigenvalue weighted by Crippen LogP contribution is -2.44. The molecule has 0 saturated heterocycles. The van der Waals surface area contributed by atoms with E-state index in [0.717, 1.165) is 11.0 Å². The van der Waals surface area contributed by atoms with Crippen LogP contribution < -0.4 is 0 Å². The Balaban J connectivity index is 2.14. The van der Waals surface area contributed by atoms with E-state index < -0.39 is 26.2 Å². The summed E-state index contributed by atoms with van der Waals surface area (Å²) in [6.07, 6.45) is 1.18. The third kappa shape index (κ3) is 9.97. The van der Waals surface area contributed by atoms with Crippen molar-refractivity contribution in [3.8, 4) is 0 Å². The number of rotatable bonds is 12. The van der Waals surface area contributed by atoms with Crippen LogP contribution in [0.15, 0.2) is 60.7 Å². The van der Waals surface area contributed by atoms with Gasteiger partial charge in [0, 0.05) is 17.5 Å². The Labute approximate surface area is 195 Å². The fourth-order valence-corrected chi connectivity index (χ4v) is 10.8. The van der Waals surface area contributed by atoms with Crippen molar-refractivity contribution in [2.75, 3.05) is 14.1 Å². The minimum Gasteiger partial charge on any atom is -0.398 e. The standard InChI is InChI=1S/C25H44NO2Si3/c1-26(2,21-22-15-11-9-12-16-22)24(23-17-13-10-14-18-23)19-20-29-25(27-30(3,4)5)28-31(6,7)8/h9-18,24-25H,19-21,29H2,1-8H3/q+1. The lowest BCUT2D eigenvalue weighted by Gasteiger charge is -2.39. The van der Waals surface area contributed by atoms with Gasteiger partial charge in [-0.1, -0.05) is 66.7 Å². The van der Waals surface area contributed by atoms with Gasteiger partial charge in [0.1, 0.15) is 18.5 Å². The maximum atomic E-state index is 6.49. The Morgan fingerprint density at radius 2 is 1.26 bits per heavy atom. The molecule has 31 heavy (non-hydrogen) atoms. The van der Waals surface area contributed by atoms with Crippen LogP contribution in [-0.4, -0.2) is 50.6 Å². The van der Waals surface area contributed by atoms with Gasteiger partial charge in [0.2, 0.25) is 0 Å². The summed E-state index contributed by atoms with van der Waals surface area (Å²) in [5.41, 5.74) is 2.83. The summed E-state index contributed by atoms with van der Waals surface area (Å²) in [5.74, 6) is 0.0690. The predicted octanol–water partition coefficient (Wildman–Crippen LogP) is 5.97. The third-order valence-electron chi connectivity index (χ3n) is 5.35. The minimum atomic E-state index is -1.62. The molecule has 3 nitrogen and oxygen atoms in total. The highest BCUT2D eigenvalue weighted by atomic mass is 28.4. The predicted molar refractivity (Wildman–Crippen MR) is 142 cm³/mol. The Morgan fingerprint density at radius 3 is 1.74 bits per heavy atom. The Hall–Kier alpha value is -1.03. The van der Waals surface area contributed by atoms with E-state index in [-0.39, 0.29) is 5.91 Å². The van der Waals surface area contributed by atoms with E-state index in [2.05, 4.69) is 114 Å². The van der Waals surface area contributed by atoms with E-state index in [1.54, 1.807) is 0 Å². The molecule has 0 amide bonds. The van der Waals surface area contributed by atoms with Crippen molar-refractivity contribution in [2.45, 2.75) is 70.2 Å². The molecule has 0 aliphatic heterocycles. The molecule has 0 radical (unpaired) electrons. The Morgan fingerprint density at radius 1 is 0.774 bits per heavy atom. The quantitative estimate of drug-likeness (QED) is 0.214. The molecule has 2 aromatic carbocycles. The zero-order valence-electron chi connectivity index (χ0n) is 21.0. The second kappa shape index (κ2) is 11.2. The Bertz CT molecular complexity index is 755. The zero-order valence-corrected chi connectivity index (χ0v) is 24.4. The van der Waals surface area contributed by atoms with Gasteiger partial charge in [-0.25, -0.2) is 0 Å². The maximum Gasteiger partial charge on any atom is 0.186 e. The highest BCUT2D eigenvalue weighted by Gasteiger charge is 2.31. The first-order chi connectivity index (χ1) is 14.4. The lowest BCUT2D eigenvalue weighted by molar-refractivity contribution is -0.934. The van der Waals surface area contributed by atoms with Gasteiger partial charge in [-0.2, -0.15) is 0 Å². The molecule has 1 atom stereocenters. The number of hydrogen-bond acceptors (Lipinski definition) is 2. The van der Waals surface area contributed by atoms with Crippen LogP contribution in [-0.2, 0) is 15.4 Å². The number of nitrogens with zero attached hydrogens (tertiary/aromatic N) is 1. The molecule has 0 saturated carbocycles. The van der Waals surface area contributed by atoms with Crippen LogP contribution in [0.4, 0.5) is 0 Å². The Kier molecular flexibility index (Phi) is 9.48. The van der Waals surface area contributed by atoms with Crippen LogP contribution in [0.3, 0.4) is 0 Å². The van der Waals surface area contributed by atoms with Crippen molar-refractivity contribution in [2.24, 2.45) is 0 Å². The molecule has 0 heterocycles. The van der Waals surface area contributed by atoms with E-state index >= 15 is 0 Å². The average Bonchev–Trinajstić information content (AvgIpc) is 2.63. The molecule has 172 valence electrons. The van der Waals surface area contributed by atoms with Gasteiger partial charge in [0.05, 0.1) is 23.6 Å². The van der Waals surface area contributed by atoms with Crippen LogP contribution in [0.5, 0.6) is 0 Å². The molecular weight excluding hydrogens is 431 g/mol. The fraction of sp³-hybridized carbons (Fsp3) is 0.520. The van der Waals surface area contributed by atoms with Gasteiger partial charge in [0.25, 0.3) is 0 Å². The molecule has 0 bridgehead atoms. The number of quaternary nitrogens is 1.